The number of amides is 1. The molecule has 3 rings (SSSR count). The molecule has 1 aromatic carbocycles. The molecular formula is C23H31N3O4. The van der Waals surface area contributed by atoms with Gasteiger partial charge in [0.15, 0.2) is 11.5 Å². The van der Waals surface area contributed by atoms with Crippen LogP contribution in [-0.4, -0.2) is 38.0 Å². The number of rotatable bonds is 7. The standard InChI is InChI=1S/C23H31N3O4/c1-15-11-18(16(2)26(15)19-9-7-6-8-10-19)14-24-25-23(27)17-12-20(28-3)22(30-5)21(13-17)29-4/h11-14,19H,6-10H2,1-5H3,(H,25,27)/b24-14-. The molecule has 0 atom stereocenters. The average Bonchev–Trinajstić information content (AvgIpc) is 3.05. The molecule has 2 aromatic rings. The molecule has 162 valence electrons. The number of hydrazone groups is 1. The van der Waals surface area contributed by atoms with Crippen LogP contribution in [0.5, 0.6) is 17.2 Å². The highest BCUT2D eigenvalue weighted by molar-refractivity contribution is 5.96. The smallest absolute Gasteiger partial charge is 0.271 e. The highest BCUT2D eigenvalue weighted by atomic mass is 16.5. The summed E-state index contributed by atoms with van der Waals surface area (Å²) in [6, 6.07) is 5.89. The van der Waals surface area contributed by atoms with Gasteiger partial charge in [0.2, 0.25) is 5.75 Å². The molecule has 1 aliphatic rings. The van der Waals surface area contributed by atoms with Gasteiger partial charge in [-0.25, -0.2) is 5.43 Å². The molecule has 1 saturated carbocycles. The summed E-state index contributed by atoms with van der Waals surface area (Å²) in [7, 11) is 4.55. The van der Waals surface area contributed by atoms with Crippen molar-refractivity contribution >= 4 is 12.1 Å². The van der Waals surface area contributed by atoms with E-state index in [1.54, 1.807) is 18.3 Å². The van der Waals surface area contributed by atoms with Crippen LogP contribution >= 0.6 is 0 Å². The lowest BCUT2D eigenvalue weighted by Gasteiger charge is -2.26. The van der Waals surface area contributed by atoms with Gasteiger partial charge in [-0.1, -0.05) is 19.3 Å². The molecule has 0 saturated heterocycles. The molecule has 1 amide bonds. The van der Waals surface area contributed by atoms with Crippen molar-refractivity contribution < 1.29 is 19.0 Å². The number of ether oxygens (including phenoxy) is 3. The second-order valence-electron chi connectivity index (χ2n) is 7.60. The molecule has 0 aliphatic heterocycles. The predicted molar refractivity (Wildman–Crippen MR) is 117 cm³/mol. The first kappa shape index (κ1) is 21.7. The van der Waals surface area contributed by atoms with E-state index in [0.717, 1.165) is 5.56 Å². The maximum Gasteiger partial charge on any atom is 0.271 e. The fourth-order valence-corrected chi connectivity index (χ4v) is 4.27. The molecule has 1 fully saturated rings. The minimum absolute atomic E-state index is 0.355. The lowest BCUT2D eigenvalue weighted by atomic mass is 9.95. The number of aromatic nitrogens is 1. The highest BCUT2D eigenvalue weighted by Gasteiger charge is 2.20. The van der Waals surface area contributed by atoms with Crippen LogP contribution in [0.3, 0.4) is 0 Å². The molecular weight excluding hydrogens is 382 g/mol. The monoisotopic (exact) mass is 413 g/mol. The first-order valence-electron chi connectivity index (χ1n) is 10.3. The van der Waals surface area contributed by atoms with Crippen LogP contribution in [0.1, 0.15) is 65.5 Å². The zero-order valence-corrected chi connectivity index (χ0v) is 18.4. The fraction of sp³-hybridized carbons (Fsp3) is 0.478. The lowest BCUT2D eigenvalue weighted by molar-refractivity contribution is 0.0954. The van der Waals surface area contributed by atoms with E-state index in [9.17, 15) is 4.79 Å². The predicted octanol–water partition coefficient (Wildman–Crippen LogP) is 4.40. The fourth-order valence-electron chi connectivity index (χ4n) is 4.27. The van der Waals surface area contributed by atoms with E-state index < -0.39 is 0 Å². The zero-order chi connectivity index (χ0) is 21.7. The van der Waals surface area contributed by atoms with Crippen molar-refractivity contribution in [1.29, 1.82) is 0 Å². The highest BCUT2D eigenvalue weighted by Crippen LogP contribution is 2.38. The Bertz CT molecular complexity index is 902. The van der Waals surface area contributed by atoms with Gasteiger partial charge in [0.25, 0.3) is 5.91 Å². The Hall–Kier alpha value is -2.96. The maximum absolute atomic E-state index is 12.6. The summed E-state index contributed by atoms with van der Waals surface area (Å²) < 4.78 is 18.3. The Kier molecular flexibility index (Phi) is 7.03. The van der Waals surface area contributed by atoms with Gasteiger partial charge in [0.1, 0.15) is 0 Å². The van der Waals surface area contributed by atoms with Crippen molar-refractivity contribution in [1.82, 2.24) is 9.99 Å². The number of benzene rings is 1. The van der Waals surface area contributed by atoms with Crippen LogP contribution in [0.15, 0.2) is 23.3 Å². The SMILES string of the molecule is COc1cc(C(=O)N/N=C\c2cc(C)n(C3CCCCC3)c2C)cc(OC)c1OC. The van der Waals surface area contributed by atoms with Gasteiger partial charge in [0, 0.05) is 28.6 Å². The molecule has 0 radical (unpaired) electrons. The van der Waals surface area contributed by atoms with Gasteiger partial charge in [-0.05, 0) is 44.9 Å². The first-order valence-corrected chi connectivity index (χ1v) is 10.3. The van der Waals surface area contributed by atoms with Crippen LogP contribution in [0.4, 0.5) is 0 Å². The number of methoxy groups -OCH3 is 3. The molecule has 30 heavy (non-hydrogen) atoms. The van der Waals surface area contributed by atoms with E-state index in [1.165, 1.54) is 64.8 Å². The van der Waals surface area contributed by atoms with E-state index >= 15 is 0 Å². The van der Waals surface area contributed by atoms with Crippen LogP contribution in [0, 0.1) is 13.8 Å². The third kappa shape index (κ3) is 4.45. The van der Waals surface area contributed by atoms with E-state index in [1.807, 2.05) is 0 Å². The number of nitrogens with zero attached hydrogens (tertiary/aromatic N) is 2. The van der Waals surface area contributed by atoms with E-state index in [2.05, 4.69) is 35.0 Å². The zero-order valence-electron chi connectivity index (χ0n) is 18.4. The summed E-state index contributed by atoms with van der Waals surface area (Å²) in [5.74, 6) is 0.922. The number of aryl methyl sites for hydroxylation is 1. The van der Waals surface area contributed by atoms with Crippen LogP contribution in [-0.2, 0) is 0 Å². The number of carbonyl (C=O) groups excluding carboxylic acids is 1. The van der Waals surface area contributed by atoms with Crippen LogP contribution < -0.4 is 19.6 Å². The molecule has 7 nitrogen and oxygen atoms in total. The van der Waals surface area contributed by atoms with Gasteiger partial charge in [0.05, 0.1) is 27.5 Å². The molecule has 1 aliphatic carbocycles. The van der Waals surface area contributed by atoms with E-state index in [4.69, 9.17) is 14.2 Å². The first-order chi connectivity index (χ1) is 14.5. The minimum Gasteiger partial charge on any atom is -0.493 e. The molecule has 1 N–H and O–H groups in total. The number of carbonyl (C=O) groups is 1. The van der Waals surface area contributed by atoms with Crippen molar-refractivity contribution in [2.24, 2.45) is 5.10 Å². The molecule has 0 bridgehead atoms. The third-order valence-electron chi connectivity index (χ3n) is 5.76. The van der Waals surface area contributed by atoms with Gasteiger partial charge < -0.3 is 18.8 Å². The van der Waals surface area contributed by atoms with Crippen molar-refractivity contribution in [2.45, 2.75) is 52.0 Å². The van der Waals surface area contributed by atoms with Crippen LogP contribution in [0.2, 0.25) is 0 Å². The normalized spacial score (nSPS) is 14.7. The van der Waals surface area contributed by atoms with Gasteiger partial charge in [-0.3, -0.25) is 4.79 Å². The summed E-state index contributed by atoms with van der Waals surface area (Å²) >= 11 is 0. The molecule has 0 spiro atoms. The van der Waals surface area contributed by atoms with E-state index in [0.29, 0.717) is 28.9 Å². The Morgan fingerprint density at radius 1 is 1.03 bits per heavy atom. The maximum atomic E-state index is 12.6. The second kappa shape index (κ2) is 9.69. The van der Waals surface area contributed by atoms with Crippen molar-refractivity contribution in [2.75, 3.05) is 21.3 Å². The summed E-state index contributed by atoms with van der Waals surface area (Å²) in [6.07, 6.45) is 8.07. The topological polar surface area (TPSA) is 74.1 Å². The Labute approximate surface area is 178 Å². The van der Waals surface area contributed by atoms with Gasteiger partial charge in [-0.15, -0.1) is 0 Å². The lowest BCUT2D eigenvalue weighted by Crippen LogP contribution is -2.18. The molecule has 7 heteroatoms. The Morgan fingerprint density at radius 2 is 1.67 bits per heavy atom. The average molecular weight is 414 g/mol. The van der Waals surface area contributed by atoms with Crippen molar-refractivity contribution in [3.63, 3.8) is 0 Å². The van der Waals surface area contributed by atoms with Crippen molar-refractivity contribution in [3.8, 4) is 17.2 Å². The van der Waals surface area contributed by atoms with Gasteiger partial charge in [-0.2, -0.15) is 5.10 Å². The van der Waals surface area contributed by atoms with Gasteiger partial charge >= 0.3 is 0 Å². The molecule has 1 aromatic heterocycles. The second-order valence-corrected chi connectivity index (χ2v) is 7.60. The number of nitrogens with one attached hydrogen (secondary N) is 1. The molecule has 1 heterocycles. The summed E-state index contributed by atoms with van der Waals surface area (Å²) in [5.41, 5.74) is 6.40. The number of hydrogen-bond acceptors (Lipinski definition) is 5. The minimum atomic E-state index is -0.355. The molecule has 0 unspecified atom stereocenters. The Morgan fingerprint density at radius 3 is 2.23 bits per heavy atom. The number of hydrogen-bond donors (Lipinski definition) is 1. The third-order valence-corrected chi connectivity index (χ3v) is 5.76. The van der Waals surface area contributed by atoms with E-state index in [-0.39, 0.29) is 5.91 Å². The quantitative estimate of drug-likeness (QED) is 0.539. The Balaban J connectivity index is 1.75. The van der Waals surface area contributed by atoms with Crippen LogP contribution in [0.25, 0.3) is 0 Å². The largest absolute Gasteiger partial charge is 0.493 e. The van der Waals surface area contributed by atoms with Crippen molar-refractivity contribution in [3.05, 3.63) is 40.7 Å². The summed E-state index contributed by atoms with van der Waals surface area (Å²) in [4.78, 5) is 12.6. The summed E-state index contributed by atoms with van der Waals surface area (Å²) in [5, 5.41) is 4.18. The summed E-state index contributed by atoms with van der Waals surface area (Å²) in [6.45, 7) is 4.25.